The summed E-state index contributed by atoms with van der Waals surface area (Å²) in [4.78, 5) is 20.6. The fraction of sp³-hybridized carbons (Fsp3) is 0.583. The number of aryl methyl sites for hydroxylation is 1. The Bertz CT molecular complexity index is 819. The van der Waals surface area contributed by atoms with E-state index in [1.165, 1.54) is 44.9 Å². The molecule has 0 spiro atoms. The average molecular weight is 379 g/mol. The molecule has 2 aromatic rings. The molecule has 4 aliphatic carbocycles. The molecule has 4 fully saturated rings. The van der Waals surface area contributed by atoms with Crippen LogP contribution < -0.4 is 0 Å². The highest BCUT2D eigenvalue weighted by Gasteiger charge is 2.50. The summed E-state index contributed by atoms with van der Waals surface area (Å²) in [6.07, 6.45) is 10.6. The van der Waals surface area contributed by atoms with Crippen LogP contribution in [0.1, 0.15) is 68.1 Å². The molecule has 4 saturated carbocycles. The van der Waals surface area contributed by atoms with Crippen LogP contribution in [-0.4, -0.2) is 22.5 Å². The van der Waals surface area contributed by atoms with E-state index < -0.39 is 0 Å². The fourth-order valence-electron chi connectivity index (χ4n) is 6.68. The van der Waals surface area contributed by atoms with Gasteiger partial charge in [-0.25, -0.2) is 9.78 Å². The zero-order chi connectivity index (χ0) is 19.1. The van der Waals surface area contributed by atoms with Gasteiger partial charge in [-0.1, -0.05) is 30.3 Å². The molecule has 28 heavy (non-hydrogen) atoms. The Morgan fingerprint density at radius 1 is 1.11 bits per heavy atom. The van der Waals surface area contributed by atoms with Crippen molar-refractivity contribution in [1.82, 2.24) is 9.97 Å². The molecular formula is C24H30N2O2. The molecule has 4 nitrogen and oxygen atoms in total. The Kier molecular flexibility index (Phi) is 4.53. The third-order valence-corrected chi connectivity index (χ3v) is 7.37. The van der Waals surface area contributed by atoms with Crippen LogP contribution in [0.2, 0.25) is 0 Å². The van der Waals surface area contributed by atoms with Crippen molar-refractivity contribution in [3.8, 4) is 11.4 Å². The maximum Gasteiger partial charge on any atom is 0.358 e. The number of hydrogen-bond acceptors (Lipinski definition) is 3. The van der Waals surface area contributed by atoms with Crippen LogP contribution in [0.25, 0.3) is 11.4 Å². The van der Waals surface area contributed by atoms with Gasteiger partial charge in [0.25, 0.3) is 0 Å². The molecule has 4 aliphatic rings. The number of aromatic nitrogens is 2. The third kappa shape index (κ3) is 3.27. The van der Waals surface area contributed by atoms with E-state index in [-0.39, 0.29) is 5.97 Å². The van der Waals surface area contributed by atoms with E-state index in [1.54, 1.807) is 0 Å². The predicted octanol–water partition coefficient (Wildman–Crippen LogP) is 5.40. The summed E-state index contributed by atoms with van der Waals surface area (Å²) in [5, 5.41) is 0. The largest absolute Gasteiger partial charge is 0.461 e. The molecule has 1 N–H and O–H groups in total. The lowest BCUT2D eigenvalue weighted by Gasteiger charge is -2.57. The smallest absolute Gasteiger partial charge is 0.358 e. The third-order valence-electron chi connectivity index (χ3n) is 7.37. The van der Waals surface area contributed by atoms with E-state index in [1.807, 2.05) is 37.3 Å². The summed E-state index contributed by atoms with van der Waals surface area (Å²) in [5.74, 6) is 3.33. The number of aromatic amines is 1. The summed E-state index contributed by atoms with van der Waals surface area (Å²) in [6.45, 7) is 2.22. The van der Waals surface area contributed by atoms with Gasteiger partial charge in [-0.3, -0.25) is 0 Å². The summed E-state index contributed by atoms with van der Waals surface area (Å²) >= 11 is 0. The molecule has 6 rings (SSSR count). The van der Waals surface area contributed by atoms with Gasteiger partial charge in [0.15, 0.2) is 5.69 Å². The molecule has 0 aliphatic heterocycles. The Morgan fingerprint density at radius 3 is 2.36 bits per heavy atom. The standard InChI is InChI=1S/C24H30N2O2/c1-2-28-23(27)21-20(25-22(26-21)19-6-4-3-5-7-19)8-9-24-13-16-10-17(14-24)12-18(11-16)15-24/h3-7,16-18H,2,8-15H2,1H3,(H,25,26). The van der Waals surface area contributed by atoms with Crippen molar-refractivity contribution in [1.29, 1.82) is 0 Å². The number of esters is 1. The lowest BCUT2D eigenvalue weighted by molar-refractivity contribution is -0.0571. The van der Waals surface area contributed by atoms with Gasteiger partial charge in [0.05, 0.1) is 6.61 Å². The van der Waals surface area contributed by atoms with Gasteiger partial charge in [-0.2, -0.15) is 0 Å². The molecule has 0 radical (unpaired) electrons. The number of benzene rings is 1. The van der Waals surface area contributed by atoms with Gasteiger partial charge in [0, 0.05) is 11.3 Å². The number of imidazole rings is 1. The second-order valence-corrected chi connectivity index (χ2v) is 9.42. The van der Waals surface area contributed by atoms with Crippen LogP contribution in [0, 0.1) is 23.2 Å². The first-order valence-corrected chi connectivity index (χ1v) is 11.0. The maximum atomic E-state index is 12.5. The second kappa shape index (κ2) is 7.06. The molecule has 0 amide bonds. The first kappa shape index (κ1) is 18.0. The number of nitrogens with zero attached hydrogens (tertiary/aromatic N) is 1. The van der Waals surface area contributed by atoms with Crippen LogP contribution in [0.4, 0.5) is 0 Å². The van der Waals surface area contributed by atoms with Gasteiger partial charge in [0.1, 0.15) is 5.82 Å². The van der Waals surface area contributed by atoms with E-state index in [4.69, 9.17) is 4.74 Å². The minimum absolute atomic E-state index is 0.304. The van der Waals surface area contributed by atoms with Crippen molar-refractivity contribution >= 4 is 5.97 Å². The lowest BCUT2D eigenvalue weighted by atomic mass is 9.48. The van der Waals surface area contributed by atoms with Crippen molar-refractivity contribution < 1.29 is 9.53 Å². The molecule has 0 saturated heterocycles. The highest BCUT2D eigenvalue weighted by atomic mass is 16.5. The molecule has 4 bridgehead atoms. The van der Waals surface area contributed by atoms with Gasteiger partial charge in [-0.05, 0) is 81.5 Å². The van der Waals surface area contributed by atoms with Crippen LogP contribution in [0.3, 0.4) is 0 Å². The monoisotopic (exact) mass is 378 g/mol. The average Bonchev–Trinajstić information content (AvgIpc) is 3.11. The molecule has 1 heterocycles. The quantitative estimate of drug-likeness (QED) is 0.685. The van der Waals surface area contributed by atoms with E-state index in [0.717, 1.165) is 41.3 Å². The van der Waals surface area contributed by atoms with Gasteiger partial charge in [0.2, 0.25) is 0 Å². The minimum Gasteiger partial charge on any atom is -0.461 e. The number of nitrogens with one attached hydrogen (secondary N) is 1. The summed E-state index contributed by atoms with van der Waals surface area (Å²) < 4.78 is 5.29. The zero-order valence-corrected chi connectivity index (χ0v) is 16.7. The number of carbonyl (C=O) groups is 1. The number of rotatable bonds is 6. The SMILES string of the molecule is CCOC(=O)c1nc(-c2ccccc2)[nH]c1CCC12CC3CC(CC(C3)C1)C2. The minimum atomic E-state index is -0.304. The van der Waals surface area contributed by atoms with E-state index in [9.17, 15) is 4.79 Å². The molecular weight excluding hydrogens is 348 g/mol. The Morgan fingerprint density at radius 2 is 1.75 bits per heavy atom. The van der Waals surface area contributed by atoms with Crippen LogP contribution in [0.15, 0.2) is 30.3 Å². The molecule has 0 unspecified atom stereocenters. The predicted molar refractivity (Wildman–Crippen MR) is 109 cm³/mol. The molecule has 1 aromatic carbocycles. The highest BCUT2D eigenvalue weighted by molar-refractivity contribution is 5.89. The number of H-pyrrole nitrogens is 1. The number of carbonyl (C=O) groups excluding carboxylic acids is 1. The van der Waals surface area contributed by atoms with Gasteiger partial charge in [-0.15, -0.1) is 0 Å². The van der Waals surface area contributed by atoms with Crippen LogP contribution >= 0.6 is 0 Å². The van der Waals surface area contributed by atoms with Crippen molar-refractivity contribution in [3.63, 3.8) is 0 Å². The van der Waals surface area contributed by atoms with E-state index in [0.29, 0.717) is 17.7 Å². The molecule has 148 valence electrons. The number of ether oxygens (including phenoxy) is 1. The van der Waals surface area contributed by atoms with E-state index >= 15 is 0 Å². The summed E-state index contributed by atoms with van der Waals surface area (Å²) in [7, 11) is 0. The Balaban J connectivity index is 1.39. The Hall–Kier alpha value is -2.10. The van der Waals surface area contributed by atoms with Crippen LogP contribution in [-0.2, 0) is 11.2 Å². The summed E-state index contributed by atoms with van der Waals surface area (Å²) in [5.41, 5.74) is 2.94. The van der Waals surface area contributed by atoms with Crippen molar-refractivity contribution in [2.24, 2.45) is 23.2 Å². The first-order valence-electron chi connectivity index (χ1n) is 11.0. The molecule has 1 aromatic heterocycles. The summed E-state index contributed by atoms with van der Waals surface area (Å²) in [6, 6.07) is 10.0. The molecule has 0 atom stereocenters. The van der Waals surface area contributed by atoms with Gasteiger partial charge >= 0.3 is 5.97 Å². The van der Waals surface area contributed by atoms with Crippen LogP contribution in [0.5, 0.6) is 0 Å². The van der Waals surface area contributed by atoms with Gasteiger partial charge < -0.3 is 9.72 Å². The molecule has 4 heteroatoms. The zero-order valence-electron chi connectivity index (χ0n) is 16.7. The highest BCUT2D eigenvalue weighted by Crippen LogP contribution is 2.61. The lowest BCUT2D eigenvalue weighted by Crippen LogP contribution is -2.46. The van der Waals surface area contributed by atoms with Crippen molar-refractivity contribution in [2.45, 2.75) is 58.3 Å². The number of hydrogen-bond donors (Lipinski definition) is 1. The normalized spacial score (nSPS) is 30.5. The van der Waals surface area contributed by atoms with Crippen molar-refractivity contribution in [2.75, 3.05) is 6.61 Å². The fourth-order valence-corrected chi connectivity index (χ4v) is 6.68. The van der Waals surface area contributed by atoms with Crippen molar-refractivity contribution in [3.05, 3.63) is 41.7 Å². The topological polar surface area (TPSA) is 55.0 Å². The second-order valence-electron chi connectivity index (χ2n) is 9.42. The van der Waals surface area contributed by atoms with E-state index in [2.05, 4.69) is 9.97 Å². The maximum absolute atomic E-state index is 12.5. The first-order chi connectivity index (χ1) is 13.6. The Labute approximate surface area is 167 Å².